The Morgan fingerprint density at radius 2 is 1.17 bits per heavy atom. The molecule has 2 saturated heterocycles. The minimum atomic E-state index is -1.30. The van der Waals surface area contributed by atoms with Crippen LogP contribution in [-0.2, 0) is 19.1 Å². The molecule has 2 unspecified atom stereocenters. The van der Waals surface area contributed by atoms with Gasteiger partial charge in [-0.05, 0) is 98.4 Å². The van der Waals surface area contributed by atoms with Gasteiger partial charge in [-0.2, -0.15) is 0 Å². The van der Waals surface area contributed by atoms with Gasteiger partial charge in [0, 0.05) is 42.6 Å². The summed E-state index contributed by atoms with van der Waals surface area (Å²) in [7, 11) is 0. The second-order valence-corrected chi connectivity index (χ2v) is 14.8. The Hall–Kier alpha value is -4.50. The van der Waals surface area contributed by atoms with Crippen molar-refractivity contribution in [2.24, 2.45) is 0 Å². The first-order chi connectivity index (χ1) is 23.9. The summed E-state index contributed by atoms with van der Waals surface area (Å²) in [6.45, 7) is 15.4. The van der Waals surface area contributed by atoms with Crippen molar-refractivity contribution in [1.29, 1.82) is 0 Å². The van der Waals surface area contributed by atoms with Crippen LogP contribution in [0.2, 0.25) is 0 Å². The maximum Gasteiger partial charge on any atom is 0.408 e. The van der Waals surface area contributed by atoms with E-state index in [0.717, 1.165) is 12.1 Å². The highest BCUT2D eigenvalue weighted by Gasteiger charge is 2.42. The molecule has 3 N–H and O–H groups in total. The Morgan fingerprint density at radius 1 is 0.750 bits per heavy atom. The van der Waals surface area contributed by atoms with Gasteiger partial charge in [0.05, 0.1) is 0 Å². The fourth-order valence-electron chi connectivity index (χ4n) is 6.22. The fraction of sp³-hybridized carbons (Fsp3) is 0.556. The highest BCUT2D eigenvalue weighted by molar-refractivity contribution is 5.87. The van der Waals surface area contributed by atoms with Gasteiger partial charge in [0.2, 0.25) is 11.8 Å². The largest absolute Gasteiger partial charge is 0.444 e. The van der Waals surface area contributed by atoms with Gasteiger partial charge in [-0.1, -0.05) is 0 Å². The number of hydrogen-bond acceptors (Lipinski definition) is 6. The number of likely N-dealkylation sites (tertiary alicyclic amines) is 1. The fourth-order valence-corrected chi connectivity index (χ4v) is 6.22. The summed E-state index contributed by atoms with van der Waals surface area (Å²) < 4.78 is 93.0. The number of rotatable bonds is 5. The first kappa shape index (κ1) is 41.9. The third-order valence-electron chi connectivity index (χ3n) is 8.49. The average Bonchev–Trinajstić information content (AvgIpc) is 2.98. The normalized spacial score (nSPS) is 23.6. The Bertz CT molecular complexity index is 1660. The summed E-state index contributed by atoms with van der Waals surface area (Å²) in [5.41, 5.74) is -1.83. The van der Waals surface area contributed by atoms with Crippen LogP contribution in [0.5, 0.6) is 0 Å². The molecule has 0 bridgehead atoms. The van der Waals surface area contributed by atoms with E-state index in [-0.39, 0.29) is 29.9 Å². The van der Waals surface area contributed by atoms with Gasteiger partial charge in [-0.25, -0.2) is 35.9 Å². The Labute approximate surface area is 299 Å². The molecule has 2 aromatic rings. The van der Waals surface area contributed by atoms with Gasteiger partial charge < -0.3 is 30.3 Å². The quantitative estimate of drug-likeness (QED) is 0.231. The summed E-state index contributed by atoms with van der Waals surface area (Å²) in [5.74, 6) is -8.89. The predicted molar refractivity (Wildman–Crippen MR) is 178 cm³/mol. The summed E-state index contributed by atoms with van der Waals surface area (Å²) in [6.07, 6.45) is -1.58. The number of piperidine rings is 2. The number of likely N-dealkylation sites (N-methyl/N-ethyl adjacent to an activating group) is 1. The number of benzene rings is 2. The molecule has 2 aliphatic heterocycles. The Morgan fingerprint density at radius 3 is 1.62 bits per heavy atom. The van der Waals surface area contributed by atoms with E-state index >= 15 is 0 Å². The lowest BCUT2D eigenvalue weighted by Gasteiger charge is -2.42. The van der Waals surface area contributed by atoms with Crippen LogP contribution >= 0.6 is 0 Å². The van der Waals surface area contributed by atoms with Gasteiger partial charge >= 0.3 is 12.2 Å². The number of carbonyl (C=O) groups is 4. The van der Waals surface area contributed by atoms with Gasteiger partial charge in [0.25, 0.3) is 0 Å². The summed E-state index contributed by atoms with van der Waals surface area (Å²) in [5, 5.41) is 7.50. The third-order valence-corrected chi connectivity index (χ3v) is 8.49. The number of nitrogens with one attached hydrogen (secondary N) is 3. The van der Waals surface area contributed by atoms with Crippen molar-refractivity contribution in [2.75, 3.05) is 6.54 Å². The molecule has 0 spiro atoms. The number of hydrogen-bond donors (Lipinski definition) is 3. The minimum absolute atomic E-state index is 0.00788. The number of halogens is 6. The molecule has 0 radical (unpaired) electrons. The molecule has 52 heavy (non-hydrogen) atoms. The van der Waals surface area contributed by atoms with Gasteiger partial charge in [0.15, 0.2) is 23.3 Å². The zero-order chi connectivity index (χ0) is 39.5. The topological polar surface area (TPSA) is 126 Å². The van der Waals surface area contributed by atoms with Crippen LogP contribution < -0.4 is 16.0 Å². The van der Waals surface area contributed by atoms with E-state index in [1.54, 1.807) is 62.3 Å². The zero-order valence-corrected chi connectivity index (χ0v) is 30.6. The predicted octanol–water partition coefficient (Wildman–Crippen LogP) is 6.71. The molecule has 4 rings (SSSR count). The molecule has 2 fully saturated rings. The van der Waals surface area contributed by atoms with Crippen molar-refractivity contribution in [3.8, 4) is 0 Å². The van der Waals surface area contributed by atoms with Gasteiger partial charge in [-0.3, -0.25) is 9.59 Å². The average molecular weight is 745 g/mol. The molecule has 16 heteroatoms. The molecule has 2 heterocycles. The highest BCUT2D eigenvalue weighted by atomic mass is 19.2. The van der Waals surface area contributed by atoms with Crippen molar-refractivity contribution in [2.45, 2.75) is 122 Å². The third kappa shape index (κ3) is 10.8. The van der Waals surface area contributed by atoms with Gasteiger partial charge in [0.1, 0.15) is 34.9 Å². The van der Waals surface area contributed by atoms with Crippen LogP contribution in [0, 0.1) is 34.9 Å². The smallest absolute Gasteiger partial charge is 0.408 e. The SMILES string of the molecule is CCN1C(=O)C(NC(=O)OC(C)(C)C)C[C@@H](c2cc(F)cc(F)c2F)[C@H]1C.C[C@H]1NC(=O)C(NC(=O)OC(C)(C)C)C[C@H]1c1cc(F)cc(F)c1F. The van der Waals surface area contributed by atoms with Crippen molar-refractivity contribution >= 4 is 24.0 Å². The molecule has 4 amide bonds. The molecule has 0 aliphatic carbocycles. The van der Waals surface area contributed by atoms with E-state index < -0.39 is 100 Å². The summed E-state index contributed by atoms with van der Waals surface area (Å²) in [4.78, 5) is 50.1. The van der Waals surface area contributed by atoms with Crippen molar-refractivity contribution < 1.29 is 55.0 Å². The first-order valence-electron chi connectivity index (χ1n) is 16.8. The van der Waals surface area contributed by atoms with Crippen molar-refractivity contribution in [3.63, 3.8) is 0 Å². The number of alkyl carbamates (subject to hydrolysis) is 2. The molecule has 0 aromatic heterocycles. The van der Waals surface area contributed by atoms with Crippen LogP contribution in [0.3, 0.4) is 0 Å². The molecular weight excluding hydrogens is 698 g/mol. The van der Waals surface area contributed by atoms with Crippen LogP contribution in [0.25, 0.3) is 0 Å². The van der Waals surface area contributed by atoms with E-state index in [0.29, 0.717) is 18.7 Å². The molecular formula is C36H46F6N4O6. The van der Waals surface area contributed by atoms with Crippen molar-refractivity contribution in [3.05, 3.63) is 70.3 Å². The summed E-state index contributed by atoms with van der Waals surface area (Å²) in [6, 6.07) is -0.245. The molecule has 288 valence electrons. The molecule has 6 atom stereocenters. The van der Waals surface area contributed by atoms with Crippen molar-refractivity contribution in [1.82, 2.24) is 20.9 Å². The van der Waals surface area contributed by atoms with Crippen LogP contribution in [0.15, 0.2) is 24.3 Å². The van der Waals surface area contributed by atoms with Crippen LogP contribution in [0.4, 0.5) is 35.9 Å². The number of ether oxygens (including phenoxy) is 2. The Balaban J connectivity index is 0.000000281. The van der Waals surface area contributed by atoms with E-state index in [2.05, 4.69) is 16.0 Å². The zero-order valence-electron chi connectivity index (χ0n) is 30.6. The lowest BCUT2D eigenvalue weighted by Crippen LogP contribution is -2.58. The minimum Gasteiger partial charge on any atom is -0.444 e. The molecule has 2 aliphatic rings. The van der Waals surface area contributed by atoms with Crippen LogP contribution in [0.1, 0.15) is 98.1 Å². The first-order valence-corrected chi connectivity index (χ1v) is 16.8. The maximum atomic E-state index is 14.3. The number of amides is 4. The van der Waals surface area contributed by atoms with E-state index in [1.165, 1.54) is 4.90 Å². The molecule has 2 aromatic carbocycles. The standard InChI is InChI=1S/C19H25F3N2O3.C17H21F3N2O3/c1-6-24-10(2)12(13-7-11(20)8-14(21)16(13)22)9-15(17(24)25)23-18(26)27-19(3,4)5;1-8-10(11-5-9(18)6-12(19)14(11)20)7-13(15(23)21-8)22-16(24)25-17(2,3)4/h7-8,10,12,15H,6,9H2,1-5H3,(H,23,26);5-6,8,10,13H,7H2,1-4H3,(H,21,23)(H,22,24)/t10-,12-,15?;8-,10-,13?/m11/s1. The van der Waals surface area contributed by atoms with E-state index in [1.807, 2.05) is 0 Å². The Kier molecular flexibility index (Phi) is 13.3. The highest BCUT2D eigenvalue weighted by Crippen LogP contribution is 2.36. The molecule has 0 saturated carbocycles. The van der Waals surface area contributed by atoms with Crippen LogP contribution in [-0.4, -0.2) is 70.8 Å². The lowest BCUT2D eigenvalue weighted by molar-refractivity contribution is -0.139. The van der Waals surface area contributed by atoms with E-state index in [9.17, 15) is 45.5 Å². The number of carbonyl (C=O) groups excluding carboxylic acids is 4. The van der Waals surface area contributed by atoms with Gasteiger partial charge in [-0.15, -0.1) is 0 Å². The summed E-state index contributed by atoms with van der Waals surface area (Å²) >= 11 is 0. The number of nitrogens with zero attached hydrogens (tertiary/aromatic N) is 1. The lowest BCUT2D eigenvalue weighted by atomic mass is 9.81. The second kappa shape index (κ2) is 16.4. The van der Waals surface area contributed by atoms with E-state index in [4.69, 9.17) is 9.47 Å². The molecule has 10 nitrogen and oxygen atoms in total. The maximum absolute atomic E-state index is 14.3. The monoisotopic (exact) mass is 744 g/mol. The second-order valence-electron chi connectivity index (χ2n) is 14.8.